The van der Waals surface area contributed by atoms with Crippen LogP contribution in [0.15, 0.2) is 0 Å². The SMILES string of the molecule is CN(CCC(=O)ONN)CC1CCCCC1. The van der Waals surface area contributed by atoms with Crippen LogP contribution in [0, 0.1) is 5.92 Å². The molecule has 1 aliphatic carbocycles. The third-order valence-corrected chi connectivity index (χ3v) is 3.17. The van der Waals surface area contributed by atoms with Crippen molar-refractivity contribution >= 4 is 5.97 Å². The zero-order chi connectivity index (χ0) is 11.8. The van der Waals surface area contributed by atoms with Gasteiger partial charge >= 0.3 is 5.97 Å². The summed E-state index contributed by atoms with van der Waals surface area (Å²) in [6.07, 6.45) is 7.15. The summed E-state index contributed by atoms with van der Waals surface area (Å²) in [7, 11) is 2.05. The summed E-state index contributed by atoms with van der Waals surface area (Å²) in [5, 5.41) is 0. The molecular weight excluding hydrogens is 206 g/mol. The van der Waals surface area contributed by atoms with Crippen molar-refractivity contribution in [1.82, 2.24) is 10.5 Å². The molecule has 0 aromatic heterocycles. The Morgan fingerprint density at radius 1 is 1.44 bits per heavy atom. The molecule has 3 N–H and O–H groups in total. The Morgan fingerprint density at radius 3 is 2.75 bits per heavy atom. The lowest BCUT2D eigenvalue weighted by Gasteiger charge is -2.26. The molecule has 94 valence electrons. The van der Waals surface area contributed by atoms with Crippen LogP contribution in [0.25, 0.3) is 0 Å². The fraction of sp³-hybridized carbons (Fsp3) is 0.909. The Balaban J connectivity index is 2.09. The van der Waals surface area contributed by atoms with Crippen LogP contribution in [0.2, 0.25) is 0 Å². The van der Waals surface area contributed by atoms with Crippen molar-refractivity contribution in [2.45, 2.75) is 38.5 Å². The first-order chi connectivity index (χ1) is 7.72. The summed E-state index contributed by atoms with van der Waals surface area (Å²) in [4.78, 5) is 17.7. The van der Waals surface area contributed by atoms with Crippen molar-refractivity contribution in [3.63, 3.8) is 0 Å². The summed E-state index contributed by atoms with van der Waals surface area (Å²) in [5.41, 5.74) is 1.90. The highest BCUT2D eigenvalue weighted by Crippen LogP contribution is 2.23. The standard InChI is InChI=1S/C11H23N3O2/c1-14(8-7-11(15)16-13-12)9-10-5-3-2-4-6-10/h10,13H,2-9,12H2,1H3. The van der Waals surface area contributed by atoms with Crippen LogP contribution in [0.4, 0.5) is 0 Å². The third kappa shape index (κ3) is 5.44. The Bertz CT molecular complexity index is 205. The largest absolute Gasteiger partial charge is 0.356 e. The van der Waals surface area contributed by atoms with Crippen molar-refractivity contribution in [3.8, 4) is 0 Å². The molecule has 0 aliphatic heterocycles. The molecule has 0 aromatic rings. The third-order valence-electron chi connectivity index (χ3n) is 3.17. The molecular formula is C11H23N3O2. The first-order valence-corrected chi connectivity index (χ1v) is 6.06. The summed E-state index contributed by atoms with van der Waals surface area (Å²) in [6.45, 7) is 1.82. The van der Waals surface area contributed by atoms with E-state index in [4.69, 9.17) is 5.84 Å². The molecule has 16 heavy (non-hydrogen) atoms. The van der Waals surface area contributed by atoms with Crippen molar-refractivity contribution in [2.24, 2.45) is 11.8 Å². The smallest absolute Gasteiger partial charge is 0.327 e. The molecule has 0 spiro atoms. The predicted molar refractivity (Wildman–Crippen MR) is 62.1 cm³/mol. The molecule has 5 nitrogen and oxygen atoms in total. The number of hydrogen-bond donors (Lipinski definition) is 2. The van der Waals surface area contributed by atoms with E-state index in [1.165, 1.54) is 32.1 Å². The van der Waals surface area contributed by atoms with Crippen LogP contribution in [-0.2, 0) is 9.63 Å². The minimum Gasteiger partial charge on any atom is -0.356 e. The van der Waals surface area contributed by atoms with E-state index in [2.05, 4.69) is 16.8 Å². The van der Waals surface area contributed by atoms with Crippen LogP contribution in [0.3, 0.4) is 0 Å². The zero-order valence-electron chi connectivity index (χ0n) is 10.1. The topological polar surface area (TPSA) is 67.6 Å². The number of hydrogen-bond acceptors (Lipinski definition) is 5. The molecule has 0 saturated heterocycles. The predicted octanol–water partition coefficient (Wildman–Crippen LogP) is 0.810. The van der Waals surface area contributed by atoms with Gasteiger partial charge in [0.25, 0.3) is 0 Å². The van der Waals surface area contributed by atoms with E-state index in [1.54, 1.807) is 0 Å². The minimum absolute atomic E-state index is 0.307. The first-order valence-electron chi connectivity index (χ1n) is 6.06. The number of nitrogens with two attached hydrogens (primary N) is 1. The normalized spacial score (nSPS) is 17.7. The van der Waals surface area contributed by atoms with Gasteiger partial charge in [0.1, 0.15) is 0 Å². The second-order valence-corrected chi connectivity index (χ2v) is 4.61. The van der Waals surface area contributed by atoms with Gasteiger partial charge in [0.15, 0.2) is 0 Å². The molecule has 1 saturated carbocycles. The second kappa shape index (κ2) is 7.60. The number of nitrogens with zero attached hydrogens (tertiary/aromatic N) is 1. The van der Waals surface area contributed by atoms with Gasteiger partial charge in [0, 0.05) is 13.1 Å². The van der Waals surface area contributed by atoms with Gasteiger partial charge in [-0.05, 0) is 25.8 Å². The summed E-state index contributed by atoms with van der Waals surface area (Å²) < 4.78 is 0. The molecule has 0 radical (unpaired) electrons. The van der Waals surface area contributed by atoms with E-state index in [0.29, 0.717) is 6.42 Å². The fourth-order valence-electron chi connectivity index (χ4n) is 2.30. The summed E-state index contributed by atoms with van der Waals surface area (Å²) in [6, 6.07) is 0. The van der Waals surface area contributed by atoms with Gasteiger partial charge in [-0.3, -0.25) is 4.79 Å². The van der Waals surface area contributed by atoms with Crippen molar-refractivity contribution in [2.75, 3.05) is 20.1 Å². The lowest BCUT2D eigenvalue weighted by atomic mass is 9.89. The van der Waals surface area contributed by atoms with Crippen LogP contribution >= 0.6 is 0 Å². The van der Waals surface area contributed by atoms with E-state index < -0.39 is 0 Å². The Hall–Kier alpha value is -0.650. The monoisotopic (exact) mass is 229 g/mol. The number of nitrogens with one attached hydrogen (secondary N) is 1. The molecule has 0 aromatic carbocycles. The Labute approximate surface area is 97.2 Å². The van der Waals surface area contributed by atoms with Gasteiger partial charge in [0.2, 0.25) is 0 Å². The molecule has 1 rings (SSSR count). The molecule has 5 heteroatoms. The first kappa shape index (κ1) is 13.4. The van der Waals surface area contributed by atoms with Crippen LogP contribution in [-0.4, -0.2) is 31.0 Å². The fourth-order valence-corrected chi connectivity index (χ4v) is 2.30. The van der Waals surface area contributed by atoms with E-state index in [9.17, 15) is 4.79 Å². The highest BCUT2D eigenvalue weighted by Gasteiger charge is 2.15. The maximum Gasteiger partial charge on any atom is 0.327 e. The lowest BCUT2D eigenvalue weighted by Crippen LogP contribution is -2.31. The molecule has 1 fully saturated rings. The van der Waals surface area contributed by atoms with Gasteiger partial charge in [-0.25, -0.2) is 5.84 Å². The average Bonchev–Trinajstić information content (AvgIpc) is 2.28. The van der Waals surface area contributed by atoms with Gasteiger partial charge < -0.3 is 9.74 Å². The van der Waals surface area contributed by atoms with E-state index >= 15 is 0 Å². The van der Waals surface area contributed by atoms with Gasteiger partial charge in [-0.1, -0.05) is 24.9 Å². The quantitative estimate of drug-likeness (QED) is 0.521. The molecule has 0 amide bonds. The maximum atomic E-state index is 11.0. The Morgan fingerprint density at radius 2 is 2.12 bits per heavy atom. The van der Waals surface area contributed by atoms with Crippen molar-refractivity contribution in [3.05, 3.63) is 0 Å². The van der Waals surface area contributed by atoms with Crippen LogP contribution in [0.5, 0.6) is 0 Å². The molecule has 0 heterocycles. The summed E-state index contributed by atoms with van der Waals surface area (Å²) >= 11 is 0. The zero-order valence-corrected chi connectivity index (χ0v) is 10.1. The van der Waals surface area contributed by atoms with Gasteiger partial charge in [-0.2, -0.15) is 0 Å². The molecule has 0 atom stereocenters. The maximum absolute atomic E-state index is 11.0. The van der Waals surface area contributed by atoms with Gasteiger partial charge in [0.05, 0.1) is 6.42 Å². The van der Waals surface area contributed by atoms with Crippen LogP contribution < -0.4 is 11.4 Å². The highest BCUT2D eigenvalue weighted by molar-refractivity contribution is 5.69. The van der Waals surface area contributed by atoms with Crippen molar-refractivity contribution < 1.29 is 9.63 Å². The van der Waals surface area contributed by atoms with E-state index in [0.717, 1.165) is 19.0 Å². The van der Waals surface area contributed by atoms with Gasteiger partial charge in [-0.15, -0.1) is 0 Å². The molecule has 1 aliphatic rings. The minimum atomic E-state index is -0.307. The number of hydrazine groups is 1. The average molecular weight is 229 g/mol. The van der Waals surface area contributed by atoms with Crippen molar-refractivity contribution in [1.29, 1.82) is 0 Å². The lowest BCUT2D eigenvalue weighted by molar-refractivity contribution is -0.151. The number of rotatable bonds is 6. The number of carbonyl (C=O) groups excluding carboxylic acids is 1. The van der Waals surface area contributed by atoms with E-state index in [-0.39, 0.29) is 5.97 Å². The highest BCUT2D eigenvalue weighted by atomic mass is 16.7. The number of carbonyl (C=O) groups is 1. The summed E-state index contributed by atoms with van der Waals surface area (Å²) in [5.74, 6) is 5.38. The molecule has 0 unspecified atom stereocenters. The second-order valence-electron chi connectivity index (χ2n) is 4.61. The Kier molecular flexibility index (Phi) is 6.37. The molecule has 0 bridgehead atoms. The van der Waals surface area contributed by atoms with Crippen LogP contribution in [0.1, 0.15) is 38.5 Å². The van der Waals surface area contributed by atoms with E-state index in [1.807, 2.05) is 5.59 Å².